The van der Waals surface area contributed by atoms with Gasteiger partial charge in [-0.1, -0.05) is 52.0 Å². The molecule has 0 bridgehead atoms. The van der Waals surface area contributed by atoms with Crippen LogP contribution in [0.15, 0.2) is 48.5 Å². The number of rotatable bonds is 3. The number of benzene rings is 2. The van der Waals surface area contributed by atoms with Crippen molar-refractivity contribution < 1.29 is 4.57 Å². The summed E-state index contributed by atoms with van der Waals surface area (Å²) in [4.78, 5) is 0. The topological polar surface area (TPSA) is 3.88 Å². The first-order valence-electron chi connectivity index (χ1n) is 8.92. The Bertz CT molecular complexity index is 888. The Morgan fingerprint density at radius 1 is 0.833 bits per heavy atom. The van der Waals surface area contributed by atoms with Crippen molar-refractivity contribution in [1.82, 2.24) is 0 Å². The minimum absolute atomic E-state index is 0.524. The number of aromatic nitrogens is 1. The standard InChI is InChI=1S/C23H28N/c1-15(2)18-13-21(16(3)4)20-11-12-22(24(6)23(20)14-18)19-10-8-7-9-17(19)5/h7-16H,1-6H3/q+1. The lowest BCUT2D eigenvalue weighted by molar-refractivity contribution is -0.633. The van der Waals surface area contributed by atoms with Crippen LogP contribution in [0, 0.1) is 6.92 Å². The molecule has 24 heavy (non-hydrogen) atoms. The fourth-order valence-corrected chi connectivity index (χ4v) is 3.49. The molecule has 1 aromatic heterocycles. The fourth-order valence-electron chi connectivity index (χ4n) is 3.49. The zero-order chi connectivity index (χ0) is 17.4. The molecule has 0 aliphatic heterocycles. The highest BCUT2D eigenvalue weighted by molar-refractivity contribution is 5.83. The van der Waals surface area contributed by atoms with Crippen molar-refractivity contribution in [1.29, 1.82) is 0 Å². The smallest absolute Gasteiger partial charge is 0.194 e. The fraction of sp³-hybridized carbons (Fsp3) is 0.348. The molecule has 0 amide bonds. The van der Waals surface area contributed by atoms with Gasteiger partial charge in [0.2, 0.25) is 11.2 Å². The monoisotopic (exact) mass is 318 g/mol. The van der Waals surface area contributed by atoms with Gasteiger partial charge in [0.15, 0.2) is 0 Å². The first kappa shape index (κ1) is 16.7. The second-order valence-electron chi connectivity index (χ2n) is 7.44. The van der Waals surface area contributed by atoms with Crippen LogP contribution in [0.5, 0.6) is 0 Å². The first-order chi connectivity index (χ1) is 11.4. The van der Waals surface area contributed by atoms with Crippen LogP contribution in [0.1, 0.15) is 56.2 Å². The molecule has 3 rings (SSSR count). The molecule has 0 N–H and O–H groups in total. The summed E-state index contributed by atoms with van der Waals surface area (Å²) in [5, 5.41) is 1.37. The molecule has 124 valence electrons. The quantitative estimate of drug-likeness (QED) is 0.530. The van der Waals surface area contributed by atoms with E-state index >= 15 is 0 Å². The number of hydrogen-bond donors (Lipinski definition) is 0. The van der Waals surface area contributed by atoms with E-state index in [0.29, 0.717) is 11.8 Å². The van der Waals surface area contributed by atoms with E-state index in [0.717, 1.165) is 0 Å². The van der Waals surface area contributed by atoms with Crippen LogP contribution in [0.3, 0.4) is 0 Å². The Morgan fingerprint density at radius 2 is 1.54 bits per heavy atom. The lowest BCUT2D eigenvalue weighted by atomic mass is 9.91. The Balaban J connectivity index is 2.34. The normalized spacial score (nSPS) is 11.7. The molecule has 1 heteroatoms. The third-order valence-corrected chi connectivity index (χ3v) is 5.05. The first-order valence-corrected chi connectivity index (χ1v) is 8.92. The molecule has 3 aromatic rings. The average Bonchev–Trinajstić information content (AvgIpc) is 2.55. The van der Waals surface area contributed by atoms with Gasteiger partial charge in [-0.2, -0.15) is 4.57 Å². The van der Waals surface area contributed by atoms with E-state index in [9.17, 15) is 0 Å². The van der Waals surface area contributed by atoms with Gasteiger partial charge in [0.25, 0.3) is 0 Å². The van der Waals surface area contributed by atoms with Crippen molar-refractivity contribution in [3.05, 3.63) is 65.2 Å². The summed E-state index contributed by atoms with van der Waals surface area (Å²) in [7, 11) is 2.19. The Hall–Kier alpha value is -2.15. The van der Waals surface area contributed by atoms with Crippen LogP contribution in [-0.2, 0) is 7.05 Å². The molecular weight excluding hydrogens is 290 g/mol. The molecule has 0 aliphatic carbocycles. The van der Waals surface area contributed by atoms with Crippen molar-refractivity contribution in [2.75, 3.05) is 0 Å². The van der Waals surface area contributed by atoms with Gasteiger partial charge in [-0.3, -0.25) is 0 Å². The summed E-state index contributed by atoms with van der Waals surface area (Å²) >= 11 is 0. The van der Waals surface area contributed by atoms with Gasteiger partial charge in [0, 0.05) is 23.1 Å². The third-order valence-electron chi connectivity index (χ3n) is 5.05. The van der Waals surface area contributed by atoms with Gasteiger partial charge in [0.05, 0.1) is 0 Å². The molecule has 0 atom stereocenters. The maximum Gasteiger partial charge on any atom is 0.213 e. The lowest BCUT2D eigenvalue weighted by Gasteiger charge is -2.15. The van der Waals surface area contributed by atoms with E-state index in [1.54, 1.807) is 0 Å². The molecule has 2 aromatic carbocycles. The Morgan fingerprint density at radius 3 is 2.17 bits per heavy atom. The minimum atomic E-state index is 0.524. The second kappa shape index (κ2) is 6.39. The number of aryl methyl sites for hydroxylation is 2. The van der Waals surface area contributed by atoms with Gasteiger partial charge >= 0.3 is 0 Å². The summed E-state index contributed by atoms with van der Waals surface area (Å²) in [6.07, 6.45) is 0. The van der Waals surface area contributed by atoms with Gasteiger partial charge in [0.1, 0.15) is 7.05 Å². The van der Waals surface area contributed by atoms with Crippen molar-refractivity contribution in [2.24, 2.45) is 7.05 Å². The van der Waals surface area contributed by atoms with Gasteiger partial charge in [-0.25, -0.2) is 0 Å². The van der Waals surface area contributed by atoms with Crippen molar-refractivity contribution in [3.8, 4) is 11.3 Å². The van der Waals surface area contributed by atoms with Crippen molar-refractivity contribution in [2.45, 2.75) is 46.5 Å². The number of hydrogen-bond acceptors (Lipinski definition) is 0. The summed E-state index contributed by atoms with van der Waals surface area (Å²) < 4.78 is 2.36. The maximum atomic E-state index is 2.39. The molecule has 1 heterocycles. The van der Waals surface area contributed by atoms with Gasteiger partial charge < -0.3 is 0 Å². The van der Waals surface area contributed by atoms with Crippen molar-refractivity contribution in [3.63, 3.8) is 0 Å². The molecular formula is C23H28N+. The van der Waals surface area contributed by atoms with E-state index in [1.807, 2.05) is 0 Å². The van der Waals surface area contributed by atoms with Crippen LogP contribution >= 0.6 is 0 Å². The highest BCUT2D eigenvalue weighted by Crippen LogP contribution is 2.30. The number of fused-ring (bicyclic) bond motifs is 1. The molecule has 0 unspecified atom stereocenters. The summed E-state index contributed by atoms with van der Waals surface area (Å²) in [6, 6.07) is 18.0. The Labute approximate surface area is 146 Å². The summed E-state index contributed by atoms with van der Waals surface area (Å²) in [5.74, 6) is 1.06. The molecule has 0 fully saturated rings. The Kier molecular flexibility index (Phi) is 4.45. The van der Waals surface area contributed by atoms with Crippen molar-refractivity contribution >= 4 is 10.9 Å². The molecule has 0 saturated heterocycles. The van der Waals surface area contributed by atoms with Crippen LogP contribution < -0.4 is 4.57 Å². The molecule has 0 radical (unpaired) electrons. The average molecular weight is 318 g/mol. The van der Waals surface area contributed by atoms with E-state index in [2.05, 4.69) is 94.8 Å². The molecule has 0 aliphatic rings. The van der Waals surface area contributed by atoms with E-state index < -0.39 is 0 Å². The summed E-state index contributed by atoms with van der Waals surface area (Å²) in [6.45, 7) is 11.3. The zero-order valence-corrected chi connectivity index (χ0v) is 15.7. The molecule has 1 nitrogen and oxygen atoms in total. The van der Waals surface area contributed by atoms with Crippen LogP contribution in [0.25, 0.3) is 22.2 Å². The summed E-state index contributed by atoms with van der Waals surface area (Å²) in [5.41, 5.74) is 8.09. The van der Waals surface area contributed by atoms with Crippen LogP contribution in [0.4, 0.5) is 0 Å². The van der Waals surface area contributed by atoms with E-state index in [1.165, 1.54) is 38.9 Å². The predicted octanol–water partition coefficient (Wildman–Crippen LogP) is 5.89. The predicted molar refractivity (Wildman–Crippen MR) is 103 cm³/mol. The van der Waals surface area contributed by atoms with Crippen LogP contribution in [-0.4, -0.2) is 0 Å². The number of nitrogens with zero attached hydrogens (tertiary/aromatic N) is 1. The molecule has 0 spiro atoms. The zero-order valence-electron chi connectivity index (χ0n) is 15.7. The lowest BCUT2D eigenvalue weighted by Crippen LogP contribution is -2.32. The van der Waals surface area contributed by atoms with Gasteiger partial charge in [-0.15, -0.1) is 0 Å². The largest absolute Gasteiger partial charge is 0.213 e. The minimum Gasteiger partial charge on any atom is -0.194 e. The van der Waals surface area contributed by atoms with Gasteiger partial charge in [-0.05, 0) is 47.6 Å². The van der Waals surface area contributed by atoms with Crippen LogP contribution in [0.2, 0.25) is 0 Å². The maximum absolute atomic E-state index is 2.39. The SMILES string of the molecule is Cc1ccccc1-c1ccc2c(C(C)C)cc(C(C)C)cc2[n+]1C. The third kappa shape index (κ3) is 2.84. The number of pyridine rings is 1. The molecule has 0 saturated carbocycles. The van der Waals surface area contributed by atoms with E-state index in [-0.39, 0.29) is 0 Å². The highest BCUT2D eigenvalue weighted by atomic mass is 14.9. The van der Waals surface area contributed by atoms with E-state index in [4.69, 9.17) is 0 Å². The highest BCUT2D eigenvalue weighted by Gasteiger charge is 2.19. The second-order valence-corrected chi connectivity index (χ2v) is 7.44.